The van der Waals surface area contributed by atoms with Crippen molar-refractivity contribution in [2.45, 2.75) is 39.2 Å². The van der Waals surface area contributed by atoms with Crippen molar-refractivity contribution < 1.29 is 4.74 Å². The monoisotopic (exact) mass is 180 g/mol. The number of allylic oxidation sites excluding steroid dienone is 2. The molecule has 1 aliphatic rings. The summed E-state index contributed by atoms with van der Waals surface area (Å²) in [6, 6.07) is 0. The van der Waals surface area contributed by atoms with Crippen LogP contribution in [0.4, 0.5) is 0 Å². The molecule has 0 aromatic rings. The van der Waals surface area contributed by atoms with Crippen LogP contribution in [0, 0.1) is 5.92 Å². The zero-order valence-corrected chi connectivity index (χ0v) is 8.75. The van der Waals surface area contributed by atoms with Crippen molar-refractivity contribution in [1.29, 1.82) is 0 Å². The molecule has 0 radical (unpaired) electrons. The maximum Gasteiger partial charge on any atom is 0.0761 e. The van der Waals surface area contributed by atoms with Crippen molar-refractivity contribution in [2.24, 2.45) is 5.92 Å². The molecule has 1 nitrogen and oxygen atoms in total. The Morgan fingerprint density at radius 2 is 2.31 bits per heavy atom. The molecular weight excluding hydrogens is 160 g/mol. The van der Waals surface area contributed by atoms with E-state index in [1.165, 1.54) is 12.8 Å². The van der Waals surface area contributed by atoms with E-state index in [1.54, 1.807) is 0 Å². The molecule has 0 unspecified atom stereocenters. The second-order valence-electron chi connectivity index (χ2n) is 4.10. The Labute approximate surface area is 81.5 Å². The minimum Gasteiger partial charge on any atom is -0.374 e. The van der Waals surface area contributed by atoms with Gasteiger partial charge in [0.15, 0.2) is 0 Å². The number of hydrogen-bond donors (Lipinski definition) is 0. The number of ether oxygens (including phenoxy) is 1. The maximum absolute atomic E-state index is 5.70. The van der Waals surface area contributed by atoms with E-state index in [1.807, 2.05) is 6.92 Å². The van der Waals surface area contributed by atoms with Gasteiger partial charge in [-0.25, -0.2) is 0 Å². The van der Waals surface area contributed by atoms with Gasteiger partial charge in [0, 0.05) is 6.61 Å². The van der Waals surface area contributed by atoms with Crippen LogP contribution in [0.15, 0.2) is 24.3 Å². The summed E-state index contributed by atoms with van der Waals surface area (Å²) in [5, 5.41) is 0. The molecule has 1 aliphatic heterocycles. The average Bonchev–Trinajstić information content (AvgIpc) is 2.26. The van der Waals surface area contributed by atoms with E-state index in [-0.39, 0.29) is 0 Å². The molecule has 13 heavy (non-hydrogen) atoms. The highest BCUT2D eigenvalue weighted by atomic mass is 16.5. The van der Waals surface area contributed by atoms with Gasteiger partial charge in [-0.2, -0.15) is 0 Å². The molecule has 0 spiro atoms. The molecule has 1 saturated heterocycles. The fraction of sp³-hybridized carbons (Fsp3) is 0.667. The van der Waals surface area contributed by atoms with Crippen LogP contribution in [-0.4, -0.2) is 12.7 Å². The van der Waals surface area contributed by atoms with E-state index in [0.29, 0.717) is 6.10 Å². The van der Waals surface area contributed by atoms with Crippen LogP contribution in [-0.2, 0) is 4.74 Å². The predicted octanol–water partition coefficient (Wildman–Crippen LogP) is 3.32. The Balaban J connectivity index is 2.43. The van der Waals surface area contributed by atoms with E-state index in [9.17, 15) is 0 Å². The molecule has 0 aromatic heterocycles. The van der Waals surface area contributed by atoms with Gasteiger partial charge >= 0.3 is 0 Å². The molecule has 1 heteroatoms. The quantitative estimate of drug-likeness (QED) is 0.592. The van der Waals surface area contributed by atoms with Crippen LogP contribution < -0.4 is 0 Å². The fourth-order valence-corrected chi connectivity index (χ4v) is 1.65. The summed E-state index contributed by atoms with van der Waals surface area (Å²) in [6.07, 6.45) is 8.18. The molecule has 0 bridgehead atoms. The molecule has 1 heterocycles. The van der Waals surface area contributed by atoms with Crippen molar-refractivity contribution in [3.05, 3.63) is 24.3 Å². The summed E-state index contributed by atoms with van der Waals surface area (Å²) in [7, 11) is 0. The van der Waals surface area contributed by atoms with Crippen molar-refractivity contribution in [3.8, 4) is 0 Å². The van der Waals surface area contributed by atoms with Gasteiger partial charge in [0.25, 0.3) is 0 Å². The largest absolute Gasteiger partial charge is 0.374 e. The van der Waals surface area contributed by atoms with Crippen molar-refractivity contribution in [1.82, 2.24) is 0 Å². The van der Waals surface area contributed by atoms with Crippen LogP contribution >= 0.6 is 0 Å². The molecule has 0 amide bonds. The Morgan fingerprint density at radius 3 is 3.00 bits per heavy atom. The summed E-state index contributed by atoms with van der Waals surface area (Å²) in [6.45, 7) is 9.06. The lowest BCUT2D eigenvalue weighted by Crippen LogP contribution is -2.10. The summed E-state index contributed by atoms with van der Waals surface area (Å²) in [5.41, 5.74) is 1.10. The Bertz CT molecular complexity index is 193. The van der Waals surface area contributed by atoms with E-state index in [4.69, 9.17) is 4.74 Å². The van der Waals surface area contributed by atoms with Crippen molar-refractivity contribution >= 4 is 0 Å². The highest BCUT2D eigenvalue weighted by molar-refractivity contribution is 5.12. The Hall–Kier alpha value is -0.560. The van der Waals surface area contributed by atoms with E-state index < -0.39 is 0 Å². The SMILES string of the molecule is C=C(C)/C=C/[C@H]1C[C@@H](C)CCCO1. The van der Waals surface area contributed by atoms with Crippen LogP contribution in [0.5, 0.6) is 0 Å². The van der Waals surface area contributed by atoms with E-state index in [2.05, 4.69) is 25.7 Å². The van der Waals surface area contributed by atoms with Crippen LogP contribution in [0.1, 0.15) is 33.1 Å². The Kier molecular flexibility index (Phi) is 4.23. The molecule has 1 fully saturated rings. The molecule has 2 atom stereocenters. The summed E-state index contributed by atoms with van der Waals surface area (Å²) < 4.78 is 5.70. The second-order valence-corrected chi connectivity index (χ2v) is 4.10. The van der Waals surface area contributed by atoms with Gasteiger partial charge in [-0.05, 0) is 32.1 Å². The zero-order chi connectivity index (χ0) is 9.68. The minimum atomic E-state index is 0.314. The van der Waals surface area contributed by atoms with Crippen molar-refractivity contribution in [2.75, 3.05) is 6.61 Å². The first-order chi connectivity index (χ1) is 6.18. The van der Waals surface area contributed by atoms with Gasteiger partial charge in [0.2, 0.25) is 0 Å². The standard InChI is InChI=1S/C12H20O/c1-10(2)6-7-12-9-11(3)5-4-8-13-12/h6-7,11-12H,1,4-5,8-9H2,2-3H3/b7-6+/t11-,12-/m0/s1. The minimum absolute atomic E-state index is 0.314. The molecule has 74 valence electrons. The molecule has 0 aromatic carbocycles. The molecule has 0 saturated carbocycles. The Morgan fingerprint density at radius 1 is 1.54 bits per heavy atom. The maximum atomic E-state index is 5.70. The van der Waals surface area contributed by atoms with Crippen LogP contribution in [0.3, 0.4) is 0 Å². The molecular formula is C12H20O. The smallest absolute Gasteiger partial charge is 0.0761 e. The van der Waals surface area contributed by atoms with E-state index in [0.717, 1.165) is 24.5 Å². The van der Waals surface area contributed by atoms with Gasteiger partial charge in [-0.1, -0.05) is 31.2 Å². The number of rotatable bonds is 2. The zero-order valence-electron chi connectivity index (χ0n) is 8.75. The lowest BCUT2D eigenvalue weighted by molar-refractivity contribution is 0.0883. The fourth-order valence-electron chi connectivity index (χ4n) is 1.65. The van der Waals surface area contributed by atoms with Gasteiger partial charge in [0.05, 0.1) is 6.10 Å². The first-order valence-electron chi connectivity index (χ1n) is 5.14. The van der Waals surface area contributed by atoms with Crippen LogP contribution in [0.2, 0.25) is 0 Å². The summed E-state index contributed by atoms with van der Waals surface area (Å²) in [5.74, 6) is 0.794. The second kappa shape index (κ2) is 5.23. The molecule has 1 rings (SSSR count). The van der Waals surface area contributed by atoms with Crippen LogP contribution in [0.25, 0.3) is 0 Å². The normalized spacial score (nSPS) is 30.3. The van der Waals surface area contributed by atoms with Gasteiger partial charge in [-0.15, -0.1) is 0 Å². The van der Waals surface area contributed by atoms with Gasteiger partial charge in [0.1, 0.15) is 0 Å². The highest BCUT2D eigenvalue weighted by Crippen LogP contribution is 2.20. The van der Waals surface area contributed by atoms with Crippen molar-refractivity contribution in [3.63, 3.8) is 0 Å². The average molecular weight is 180 g/mol. The third-order valence-electron chi connectivity index (χ3n) is 2.40. The lowest BCUT2D eigenvalue weighted by atomic mass is 9.99. The topological polar surface area (TPSA) is 9.23 Å². The third kappa shape index (κ3) is 4.28. The lowest BCUT2D eigenvalue weighted by Gasteiger charge is -2.12. The third-order valence-corrected chi connectivity index (χ3v) is 2.40. The highest BCUT2D eigenvalue weighted by Gasteiger charge is 2.14. The predicted molar refractivity (Wildman–Crippen MR) is 56.7 cm³/mol. The first kappa shape index (κ1) is 10.5. The summed E-state index contributed by atoms with van der Waals surface area (Å²) in [4.78, 5) is 0. The molecule has 0 N–H and O–H groups in total. The summed E-state index contributed by atoms with van der Waals surface area (Å²) >= 11 is 0. The number of hydrogen-bond acceptors (Lipinski definition) is 1. The van der Waals surface area contributed by atoms with Gasteiger partial charge in [-0.3, -0.25) is 0 Å². The van der Waals surface area contributed by atoms with E-state index >= 15 is 0 Å². The molecule has 0 aliphatic carbocycles. The first-order valence-corrected chi connectivity index (χ1v) is 5.14. The van der Waals surface area contributed by atoms with Gasteiger partial charge < -0.3 is 4.74 Å².